The number of carbonyl (C=O) groups is 1. The summed E-state index contributed by atoms with van der Waals surface area (Å²) in [4.78, 5) is 11.3. The van der Waals surface area contributed by atoms with E-state index in [1.54, 1.807) is 19.1 Å². The molecule has 0 unspecified atom stereocenters. The zero-order valence-electron chi connectivity index (χ0n) is 9.44. The molecular weight excluding hydrogens is 262 g/mol. The summed E-state index contributed by atoms with van der Waals surface area (Å²) < 4.78 is 23.7. The van der Waals surface area contributed by atoms with Crippen LogP contribution in [-0.2, 0) is 14.6 Å². The van der Waals surface area contributed by atoms with Crippen LogP contribution in [0.1, 0.15) is 13.3 Å². The Kier molecular flexibility index (Phi) is 4.96. The molecule has 0 aliphatic heterocycles. The highest BCUT2D eigenvalue weighted by Gasteiger charge is 2.16. The summed E-state index contributed by atoms with van der Waals surface area (Å²) in [6, 6.07) is 6.03. The van der Waals surface area contributed by atoms with Crippen molar-refractivity contribution in [2.45, 2.75) is 18.2 Å². The highest BCUT2D eigenvalue weighted by molar-refractivity contribution is 7.91. The Labute approximate surface area is 106 Å². The van der Waals surface area contributed by atoms with E-state index in [1.165, 1.54) is 12.1 Å². The Bertz CT molecular complexity index is 499. The quantitative estimate of drug-likeness (QED) is 0.889. The third-order valence-corrected chi connectivity index (χ3v) is 4.08. The van der Waals surface area contributed by atoms with Crippen molar-refractivity contribution in [1.82, 2.24) is 5.32 Å². The van der Waals surface area contributed by atoms with Crippen LogP contribution in [-0.4, -0.2) is 26.6 Å². The first-order chi connectivity index (χ1) is 7.95. The van der Waals surface area contributed by atoms with Gasteiger partial charge in [0.2, 0.25) is 5.91 Å². The molecule has 6 heteroatoms. The van der Waals surface area contributed by atoms with Crippen molar-refractivity contribution >= 4 is 27.3 Å². The number of benzene rings is 1. The summed E-state index contributed by atoms with van der Waals surface area (Å²) in [7, 11) is -3.44. The molecule has 1 aromatic carbocycles. The number of halogens is 1. The van der Waals surface area contributed by atoms with Crippen molar-refractivity contribution in [3.8, 4) is 0 Å². The predicted octanol–water partition coefficient (Wildman–Crippen LogP) is 1.64. The minimum atomic E-state index is -3.44. The largest absolute Gasteiger partial charge is 0.356 e. The van der Waals surface area contributed by atoms with Crippen molar-refractivity contribution < 1.29 is 13.2 Å². The van der Waals surface area contributed by atoms with Gasteiger partial charge in [0.15, 0.2) is 9.84 Å². The Balaban J connectivity index is 2.73. The molecule has 94 valence electrons. The van der Waals surface area contributed by atoms with Crippen LogP contribution in [0.3, 0.4) is 0 Å². The fraction of sp³-hybridized carbons (Fsp3) is 0.364. The molecule has 1 N–H and O–H groups in total. The Morgan fingerprint density at radius 3 is 2.71 bits per heavy atom. The van der Waals surface area contributed by atoms with E-state index in [-0.39, 0.29) is 23.0 Å². The Morgan fingerprint density at radius 1 is 1.41 bits per heavy atom. The van der Waals surface area contributed by atoms with Gasteiger partial charge in [0, 0.05) is 18.0 Å². The third kappa shape index (κ3) is 4.36. The first-order valence-electron chi connectivity index (χ1n) is 5.20. The molecule has 1 amide bonds. The van der Waals surface area contributed by atoms with Gasteiger partial charge < -0.3 is 5.32 Å². The van der Waals surface area contributed by atoms with Gasteiger partial charge >= 0.3 is 0 Å². The Hall–Kier alpha value is -1.07. The number of hydrogen-bond donors (Lipinski definition) is 1. The molecule has 0 fully saturated rings. The van der Waals surface area contributed by atoms with E-state index in [4.69, 9.17) is 11.6 Å². The van der Waals surface area contributed by atoms with Crippen molar-refractivity contribution in [3.05, 3.63) is 29.3 Å². The van der Waals surface area contributed by atoms with Gasteiger partial charge in [-0.25, -0.2) is 8.42 Å². The zero-order chi connectivity index (χ0) is 12.9. The lowest BCUT2D eigenvalue weighted by molar-refractivity contribution is -0.120. The van der Waals surface area contributed by atoms with Crippen LogP contribution < -0.4 is 5.32 Å². The van der Waals surface area contributed by atoms with Crippen molar-refractivity contribution in [2.24, 2.45) is 0 Å². The topological polar surface area (TPSA) is 63.2 Å². The number of amides is 1. The minimum absolute atomic E-state index is 0.0390. The predicted molar refractivity (Wildman–Crippen MR) is 66.8 cm³/mol. The number of carbonyl (C=O) groups excluding carboxylic acids is 1. The van der Waals surface area contributed by atoms with Crippen molar-refractivity contribution in [3.63, 3.8) is 0 Å². The van der Waals surface area contributed by atoms with Gasteiger partial charge in [-0.05, 0) is 25.1 Å². The molecule has 0 heterocycles. The van der Waals surface area contributed by atoms with Crippen molar-refractivity contribution in [2.75, 3.05) is 12.3 Å². The van der Waals surface area contributed by atoms with E-state index in [9.17, 15) is 13.2 Å². The number of nitrogens with one attached hydrogen (secondary N) is 1. The second-order valence-corrected chi connectivity index (χ2v) is 6.03. The van der Waals surface area contributed by atoms with E-state index in [1.807, 2.05) is 0 Å². The molecule has 0 aliphatic rings. The molecule has 17 heavy (non-hydrogen) atoms. The molecule has 0 aromatic heterocycles. The average molecular weight is 276 g/mol. The van der Waals surface area contributed by atoms with Gasteiger partial charge in [-0.3, -0.25) is 4.79 Å². The van der Waals surface area contributed by atoms with Gasteiger partial charge in [0.1, 0.15) is 0 Å². The smallest absolute Gasteiger partial charge is 0.221 e. The summed E-state index contributed by atoms with van der Waals surface area (Å²) in [6.45, 7) is 2.28. The summed E-state index contributed by atoms with van der Waals surface area (Å²) in [5, 5.41) is 2.92. The van der Waals surface area contributed by atoms with Gasteiger partial charge in [-0.2, -0.15) is 0 Å². The van der Waals surface area contributed by atoms with E-state index < -0.39 is 9.84 Å². The summed E-state index contributed by atoms with van der Waals surface area (Å²) in [5.74, 6) is -0.475. The molecular formula is C11H14ClNO3S. The van der Waals surface area contributed by atoms with Gasteiger partial charge in [0.25, 0.3) is 0 Å². The maximum absolute atomic E-state index is 11.9. The van der Waals surface area contributed by atoms with Gasteiger partial charge in [-0.1, -0.05) is 17.7 Å². The summed E-state index contributed by atoms with van der Waals surface area (Å²) in [6.07, 6.45) is -0.0390. The Morgan fingerprint density at radius 2 is 2.12 bits per heavy atom. The van der Waals surface area contributed by atoms with E-state index in [0.717, 1.165) is 0 Å². The fourth-order valence-electron chi connectivity index (χ4n) is 1.29. The monoisotopic (exact) mass is 275 g/mol. The molecule has 0 aliphatic carbocycles. The van der Waals surface area contributed by atoms with Crippen molar-refractivity contribution in [1.29, 1.82) is 0 Å². The maximum atomic E-state index is 11.9. The lowest BCUT2D eigenvalue weighted by Crippen LogP contribution is -2.25. The first kappa shape index (κ1) is 14.0. The van der Waals surface area contributed by atoms with E-state index in [2.05, 4.69) is 5.32 Å². The molecule has 0 atom stereocenters. The van der Waals surface area contributed by atoms with Crippen LogP contribution in [0.15, 0.2) is 29.2 Å². The third-order valence-electron chi connectivity index (χ3n) is 2.13. The number of rotatable bonds is 5. The number of sulfone groups is 1. The van der Waals surface area contributed by atoms with Gasteiger partial charge in [0.05, 0.1) is 10.6 Å². The SMILES string of the molecule is CCNC(=O)CCS(=O)(=O)c1cccc(Cl)c1. The van der Waals surface area contributed by atoms with E-state index >= 15 is 0 Å². The summed E-state index contributed by atoms with van der Waals surface area (Å²) >= 11 is 5.72. The molecule has 0 saturated heterocycles. The average Bonchev–Trinajstić information content (AvgIpc) is 2.27. The van der Waals surface area contributed by atoms with Crippen LogP contribution in [0, 0.1) is 0 Å². The minimum Gasteiger partial charge on any atom is -0.356 e. The molecule has 0 saturated carbocycles. The number of hydrogen-bond acceptors (Lipinski definition) is 3. The maximum Gasteiger partial charge on any atom is 0.221 e. The standard InChI is InChI=1S/C11H14ClNO3S/c1-2-13-11(14)6-7-17(15,16)10-5-3-4-9(12)8-10/h3-5,8H,2,6-7H2,1H3,(H,13,14). The van der Waals surface area contributed by atoms with Crippen LogP contribution in [0.4, 0.5) is 0 Å². The molecule has 0 radical (unpaired) electrons. The highest BCUT2D eigenvalue weighted by atomic mass is 35.5. The lowest BCUT2D eigenvalue weighted by Gasteiger charge is -2.05. The van der Waals surface area contributed by atoms with Crippen LogP contribution >= 0.6 is 11.6 Å². The van der Waals surface area contributed by atoms with Crippen LogP contribution in [0.2, 0.25) is 5.02 Å². The van der Waals surface area contributed by atoms with Crippen LogP contribution in [0.25, 0.3) is 0 Å². The highest BCUT2D eigenvalue weighted by Crippen LogP contribution is 2.17. The second-order valence-electron chi connectivity index (χ2n) is 3.48. The van der Waals surface area contributed by atoms with Crippen LogP contribution in [0.5, 0.6) is 0 Å². The summed E-state index contributed by atoms with van der Waals surface area (Å²) in [5.41, 5.74) is 0. The molecule has 0 bridgehead atoms. The molecule has 4 nitrogen and oxygen atoms in total. The normalized spacial score (nSPS) is 11.2. The molecule has 1 rings (SSSR count). The lowest BCUT2D eigenvalue weighted by atomic mass is 10.4. The fourth-order valence-corrected chi connectivity index (χ4v) is 2.83. The van der Waals surface area contributed by atoms with Gasteiger partial charge in [-0.15, -0.1) is 0 Å². The second kappa shape index (κ2) is 6.02. The molecule has 1 aromatic rings. The molecule has 0 spiro atoms. The zero-order valence-corrected chi connectivity index (χ0v) is 11.0. The van der Waals surface area contributed by atoms with E-state index in [0.29, 0.717) is 11.6 Å². The first-order valence-corrected chi connectivity index (χ1v) is 7.24.